The lowest BCUT2D eigenvalue weighted by Crippen LogP contribution is -2.37. The Morgan fingerprint density at radius 2 is 2.31 bits per heavy atom. The number of nitrogens with one attached hydrogen (secondary N) is 2. The SMILES string of the molecule is CCc1cnc(CNCC(=O)NC(C)C)o1. The molecule has 0 saturated carbocycles. The molecule has 0 aliphatic carbocycles. The molecule has 0 radical (unpaired) electrons. The Kier molecular flexibility index (Phi) is 4.98. The van der Waals surface area contributed by atoms with Gasteiger partial charge in [-0.3, -0.25) is 10.1 Å². The zero-order chi connectivity index (χ0) is 12.0. The molecular formula is C11H19N3O2. The molecule has 1 heterocycles. The lowest BCUT2D eigenvalue weighted by atomic mass is 10.4. The van der Waals surface area contributed by atoms with Gasteiger partial charge in [-0.05, 0) is 13.8 Å². The molecule has 5 heteroatoms. The van der Waals surface area contributed by atoms with E-state index in [0.717, 1.165) is 12.2 Å². The summed E-state index contributed by atoms with van der Waals surface area (Å²) in [5, 5.41) is 5.77. The van der Waals surface area contributed by atoms with Crippen LogP contribution in [0.1, 0.15) is 32.4 Å². The number of nitrogens with zero attached hydrogens (tertiary/aromatic N) is 1. The highest BCUT2D eigenvalue weighted by atomic mass is 16.4. The number of carbonyl (C=O) groups excluding carboxylic acids is 1. The molecule has 0 bridgehead atoms. The van der Waals surface area contributed by atoms with Gasteiger partial charge in [0.15, 0.2) is 0 Å². The fraction of sp³-hybridized carbons (Fsp3) is 0.636. The van der Waals surface area contributed by atoms with Crippen molar-refractivity contribution in [1.29, 1.82) is 0 Å². The Balaban J connectivity index is 2.22. The van der Waals surface area contributed by atoms with E-state index in [1.807, 2.05) is 20.8 Å². The van der Waals surface area contributed by atoms with Gasteiger partial charge in [-0.1, -0.05) is 6.92 Å². The lowest BCUT2D eigenvalue weighted by molar-refractivity contribution is -0.120. The predicted molar refractivity (Wildman–Crippen MR) is 60.9 cm³/mol. The molecule has 0 spiro atoms. The standard InChI is InChI=1S/C11H19N3O2/c1-4-9-5-13-11(16-9)7-12-6-10(15)14-8(2)3/h5,8,12H,4,6-7H2,1-3H3,(H,14,15). The van der Waals surface area contributed by atoms with Gasteiger partial charge in [0.05, 0.1) is 19.3 Å². The quantitative estimate of drug-likeness (QED) is 0.753. The molecule has 1 amide bonds. The Labute approximate surface area is 95.6 Å². The summed E-state index contributed by atoms with van der Waals surface area (Å²) in [6.45, 7) is 6.63. The lowest BCUT2D eigenvalue weighted by Gasteiger charge is -2.07. The fourth-order valence-electron chi connectivity index (χ4n) is 1.25. The number of aryl methyl sites for hydroxylation is 1. The molecule has 0 fully saturated rings. The van der Waals surface area contributed by atoms with Gasteiger partial charge in [-0.2, -0.15) is 0 Å². The first-order valence-corrected chi connectivity index (χ1v) is 5.55. The molecule has 0 aromatic carbocycles. The number of oxazole rings is 1. The van der Waals surface area contributed by atoms with Crippen molar-refractivity contribution in [3.63, 3.8) is 0 Å². The Morgan fingerprint density at radius 3 is 2.88 bits per heavy atom. The van der Waals surface area contributed by atoms with Crippen LogP contribution in [0.4, 0.5) is 0 Å². The molecule has 0 aliphatic rings. The van der Waals surface area contributed by atoms with E-state index in [4.69, 9.17) is 4.42 Å². The van der Waals surface area contributed by atoms with Crippen molar-refractivity contribution in [2.45, 2.75) is 39.8 Å². The molecule has 0 unspecified atom stereocenters. The highest BCUT2D eigenvalue weighted by Gasteiger charge is 2.05. The maximum atomic E-state index is 11.3. The molecule has 90 valence electrons. The first-order valence-electron chi connectivity index (χ1n) is 5.55. The van der Waals surface area contributed by atoms with Crippen molar-refractivity contribution >= 4 is 5.91 Å². The number of rotatable bonds is 6. The highest BCUT2D eigenvalue weighted by molar-refractivity contribution is 5.78. The van der Waals surface area contributed by atoms with Gasteiger partial charge < -0.3 is 9.73 Å². The van der Waals surface area contributed by atoms with E-state index in [-0.39, 0.29) is 18.5 Å². The molecule has 0 aliphatic heterocycles. The van der Waals surface area contributed by atoms with Crippen molar-refractivity contribution < 1.29 is 9.21 Å². The fourth-order valence-corrected chi connectivity index (χ4v) is 1.25. The monoisotopic (exact) mass is 225 g/mol. The minimum Gasteiger partial charge on any atom is -0.444 e. The summed E-state index contributed by atoms with van der Waals surface area (Å²) in [6, 6.07) is 0.169. The second kappa shape index (κ2) is 6.27. The third kappa shape index (κ3) is 4.44. The van der Waals surface area contributed by atoms with Crippen molar-refractivity contribution in [1.82, 2.24) is 15.6 Å². The Morgan fingerprint density at radius 1 is 1.56 bits per heavy atom. The van der Waals surface area contributed by atoms with Crippen molar-refractivity contribution in [2.24, 2.45) is 0 Å². The number of hydrogen-bond donors (Lipinski definition) is 2. The first-order chi connectivity index (χ1) is 7.61. The average Bonchev–Trinajstić information content (AvgIpc) is 2.64. The number of aromatic nitrogens is 1. The van der Waals surface area contributed by atoms with E-state index < -0.39 is 0 Å². The van der Waals surface area contributed by atoms with Gasteiger partial charge >= 0.3 is 0 Å². The third-order valence-electron chi connectivity index (χ3n) is 1.96. The van der Waals surface area contributed by atoms with Crippen LogP contribution in [0.15, 0.2) is 10.6 Å². The van der Waals surface area contributed by atoms with Crippen LogP contribution >= 0.6 is 0 Å². The highest BCUT2D eigenvalue weighted by Crippen LogP contribution is 2.03. The summed E-state index contributed by atoms with van der Waals surface area (Å²) in [6.07, 6.45) is 2.55. The molecule has 0 saturated heterocycles. The number of carbonyl (C=O) groups is 1. The van der Waals surface area contributed by atoms with Crippen LogP contribution in [-0.4, -0.2) is 23.5 Å². The van der Waals surface area contributed by atoms with Gasteiger partial charge in [0.25, 0.3) is 0 Å². The van der Waals surface area contributed by atoms with Crippen LogP contribution < -0.4 is 10.6 Å². The first kappa shape index (κ1) is 12.7. The maximum Gasteiger partial charge on any atom is 0.234 e. The third-order valence-corrected chi connectivity index (χ3v) is 1.96. The van der Waals surface area contributed by atoms with Crippen molar-refractivity contribution in [3.8, 4) is 0 Å². The Bertz CT molecular complexity index is 334. The molecule has 16 heavy (non-hydrogen) atoms. The summed E-state index contributed by atoms with van der Waals surface area (Å²) in [7, 11) is 0. The molecular weight excluding hydrogens is 206 g/mol. The summed E-state index contributed by atoms with van der Waals surface area (Å²) in [5.74, 6) is 1.47. The number of hydrogen-bond acceptors (Lipinski definition) is 4. The smallest absolute Gasteiger partial charge is 0.234 e. The predicted octanol–water partition coefficient (Wildman–Crippen LogP) is 0.851. The summed E-state index contributed by atoms with van der Waals surface area (Å²) in [5.41, 5.74) is 0. The van der Waals surface area contributed by atoms with E-state index in [1.165, 1.54) is 0 Å². The van der Waals surface area contributed by atoms with E-state index in [2.05, 4.69) is 15.6 Å². The zero-order valence-corrected chi connectivity index (χ0v) is 10.0. The Hall–Kier alpha value is -1.36. The van der Waals surface area contributed by atoms with Gasteiger partial charge in [0, 0.05) is 12.5 Å². The molecule has 1 aromatic heterocycles. The van der Waals surface area contributed by atoms with E-state index in [9.17, 15) is 4.79 Å². The van der Waals surface area contributed by atoms with Crippen molar-refractivity contribution in [2.75, 3.05) is 6.54 Å². The normalized spacial score (nSPS) is 10.8. The van der Waals surface area contributed by atoms with Gasteiger partial charge in [-0.15, -0.1) is 0 Å². The summed E-state index contributed by atoms with van der Waals surface area (Å²) in [4.78, 5) is 15.4. The van der Waals surface area contributed by atoms with Crippen LogP contribution in [0.2, 0.25) is 0 Å². The van der Waals surface area contributed by atoms with Crippen LogP contribution in [0.25, 0.3) is 0 Å². The second-order valence-corrected chi connectivity index (χ2v) is 3.90. The van der Waals surface area contributed by atoms with E-state index >= 15 is 0 Å². The van der Waals surface area contributed by atoms with E-state index in [1.54, 1.807) is 6.20 Å². The molecule has 1 rings (SSSR count). The topological polar surface area (TPSA) is 67.2 Å². The van der Waals surface area contributed by atoms with Gasteiger partial charge in [-0.25, -0.2) is 4.98 Å². The largest absolute Gasteiger partial charge is 0.444 e. The van der Waals surface area contributed by atoms with Crippen LogP contribution in [0.3, 0.4) is 0 Å². The minimum absolute atomic E-state index is 0.0164. The molecule has 5 nitrogen and oxygen atoms in total. The average molecular weight is 225 g/mol. The van der Waals surface area contributed by atoms with Crippen molar-refractivity contribution in [3.05, 3.63) is 17.8 Å². The van der Waals surface area contributed by atoms with Gasteiger partial charge in [0.1, 0.15) is 5.76 Å². The maximum absolute atomic E-state index is 11.3. The van der Waals surface area contributed by atoms with E-state index in [0.29, 0.717) is 12.4 Å². The minimum atomic E-state index is -0.0164. The summed E-state index contributed by atoms with van der Waals surface area (Å²) < 4.78 is 5.39. The van der Waals surface area contributed by atoms with Gasteiger partial charge in [0.2, 0.25) is 11.8 Å². The van der Waals surface area contributed by atoms with Crippen LogP contribution in [-0.2, 0) is 17.8 Å². The van der Waals surface area contributed by atoms with Crippen LogP contribution in [0.5, 0.6) is 0 Å². The second-order valence-electron chi connectivity index (χ2n) is 3.90. The molecule has 0 atom stereocenters. The number of amides is 1. The summed E-state index contributed by atoms with van der Waals surface area (Å²) >= 11 is 0. The molecule has 1 aromatic rings. The zero-order valence-electron chi connectivity index (χ0n) is 10.0. The van der Waals surface area contributed by atoms with Crippen LogP contribution in [0, 0.1) is 0 Å². The molecule has 2 N–H and O–H groups in total.